The average molecular weight is 261 g/mol. The monoisotopic (exact) mass is 260 g/mol. The molecule has 90 valence electrons. The molecule has 0 bridgehead atoms. The highest BCUT2D eigenvalue weighted by Crippen LogP contribution is 2.28. The Bertz CT molecular complexity index is 339. The highest BCUT2D eigenvalue weighted by Gasteiger charge is 2.14. The Balaban J connectivity index is 2.92. The molecule has 0 aromatic carbocycles. The largest absolute Gasteiger partial charge is 0.221 e. The molecular weight excluding hydrogens is 243 g/mol. The SMILES string of the molecule is CC(C)CCc1nc(Cl)c(C(C)C)c(Cl)n1. The van der Waals surface area contributed by atoms with E-state index in [1.54, 1.807) is 0 Å². The van der Waals surface area contributed by atoms with Gasteiger partial charge >= 0.3 is 0 Å². The van der Waals surface area contributed by atoms with E-state index in [1.165, 1.54) is 0 Å². The van der Waals surface area contributed by atoms with E-state index in [0.29, 0.717) is 16.2 Å². The van der Waals surface area contributed by atoms with Gasteiger partial charge in [-0.05, 0) is 18.3 Å². The van der Waals surface area contributed by atoms with Crippen molar-refractivity contribution in [1.29, 1.82) is 0 Å². The van der Waals surface area contributed by atoms with Gasteiger partial charge in [0.2, 0.25) is 0 Å². The Labute approximate surface area is 107 Å². The van der Waals surface area contributed by atoms with Crippen LogP contribution >= 0.6 is 23.2 Å². The normalized spacial score (nSPS) is 11.5. The van der Waals surface area contributed by atoms with E-state index in [4.69, 9.17) is 23.2 Å². The van der Waals surface area contributed by atoms with Crippen molar-refractivity contribution in [2.45, 2.75) is 46.5 Å². The first-order valence-electron chi connectivity index (χ1n) is 5.63. The van der Waals surface area contributed by atoms with Crippen LogP contribution in [-0.2, 0) is 6.42 Å². The van der Waals surface area contributed by atoms with Crippen molar-refractivity contribution in [3.05, 3.63) is 21.7 Å². The molecule has 0 unspecified atom stereocenters. The summed E-state index contributed by atoms with van der Waals surface area (Å²) in [6.45, 7) is 8.41. The van der Waals surface area contributed by atoms with Gasteiger partial charge < -0.3 is 0 Å². The zero-order chi connectivity index (χ0) is 12.3. The summed E-state index contributed by atoms with van der Waals surface area (Å²) in [4.78, 5) is 8.59. The molecule has 0 spiro atoms. The maximum atomic E-state index is 6.11. The molecule has 0 fully saturated rings. The standard InChI is InChI=1S/C12H18Cl2N2/c1-7(2)5-6-9-15-11(13)10(8(3)4)12(14)16-9/h7-8H,5-6H2,1-4H3. The fourth-order valence-electron chi connectivity index (χ4n) is 1.46. The fraction of sp³-hybridized carbons (Fsp3) is 0.667. The molecule has 0 aliphatic rings. The molecule has 0 saturated carbocycles. The first-order valence-corrected chi connectivity index (χ1v) is 6.39. The number of hydrogen-bond acceptors (Lipinski definition) is 2. The van der Waals surface area contributed by atoms with Gasteiger partial charge in [0.25, 0.3) is 0 Å². The average Bonchev–Trinajstić information content (AvgIpc) is 2.12. The summed E-state index contributed by atoms with van der Waals surface area (Å²) >= 11 is 12.2. The number of halogens is 2. The van der Waals surface area contributed by atoms with Gasteiger partial charge in [0, 0.05) is 12.0 Å². The van der Waals surface area contributed by atoms with Crippen LogP contribution in [0.2, 0.25) is 10.3 Å². The molecule has 0 aliphatic heterocycles. The van der Waals surface area contributed by atoms with Crippen LogP contribution in [0.15, 0.2) is 0 Å². The number of aryl methyl sites for hydroxylation is 1. The second-order valence-corrected chi connectivity index (χ2v) is 5.44. The summed E-state index contributed by atoms with van der Waals surface area (Å²) in [5.41, 5.74) is 0.844. The van der Waals surface area contributed by atoms with Crippen LogP contribution in [0.5, 0.6) is 0 Å². The predicted octanol–water partition coefficient (Wildman–Crippen LogP) is 4.50. The van der Waals surface area contributed by atoms with Crippen molar-refractivity contribution >= 4 is 23.2 Å². The van der Waals surface area contributed by atoms with E-state index in [9.17, 15) is 0 Å². The minimum atomic E-state index is 0.249. The van der Waals surface area contributed by atoms with Crippen molar-refractivity contribution in [2.24, 2.45) is 5.92 Å². The Hall–Kier alpha value is -0.340. The molecule has 1 aromatic rings. The third-order valence-electron chi connectivity index (χ3n) is 2.42. The van der Waals surface area contributed by atoms with Crippen molar-refractivity contribution in [3.8, 4) is 0 Å². The highest BCUT2D eigenvalue weighted by molar-refractivity contribution is 6.34. The number of nitrogens with zero attached hydrogens (tertiary/aromatic N) is 2. The lowest BCUT2D eigenvalue weighted by atomic mass is 10.1. The lowest BCUT2D eigenvalue weighted by molar-refractivity contribution is 0.574. The van der Waals surface area contributed by atoms with Crippen LogP contribution in [0.3, 0.4) is 0 Å². The van der Waals surface area contributed by atoms with Crippen molar-refractivity contribution in [3.63, 3.8) is 0 Å². The lowest BCUT2D eigenvalue weighted by Gasteiger charge is -2.11. The molecule has 0 saturated heterocycles. The molecular formula is C12H18Cl2N2. The van der Waals surface area contributed by atoms with Crippen LogP contribution in [0.25, 0.3) is 0 Å². The van der Waals surface area contributed by atoms with Gasteiger partial charge in [-0.1, -0.05) is 50.9 Å². The fourth-order valence-corrected chi connectivity index (χ4v) is 2.32. The highest BCUT2D eigenvalue weighted by atomic mass is 35.5. The van der Waals surface area contributed by atoms with Crippen molar-refractivity contribution in [2.75, 3.05) is 0 Å². The topological polar surface area (TPSA) is 25.8 Å². The molecule has 0 atom stereocenters. The van der Waals surface area contributed by atoms with Crippen molar-refractivity contribution < 1.29 is 0 Å². The van der Waals surface area contributed by atoms with Gasteiger partial charge in [0.05, 0.1) is 0 Å². The van der Waals surface area contributed by atoms with Crippen LogP contribution in [0.1, 0.15) is 51.4 Å². The summed E-state index contributed by atoms with van der Waals surface area (Å²) in [6.07, 6.45) is 1.88. The Kier molecular flexibility index (Phi) is 5.00. The van der Waals surface area contributed by atoms with Crippen LogP contribution < -0.4 is 0 Å². The third kappa shape index (κ3) is 3.60. The quantitative estimate of drug-likeness (QED) is 0.746. The molecule has 0 N–H and O–H groups in total. The predicted molar refractivity (Wildman–Crippen MR) is 69.3 cm³/mol. The Morgan fingerprint density at radius 3 is 1.88 bits per heavy atom. The number of hydrogen-bond donors (Lipinski definition) is 0. The van der Waals surface area contributed by atoms with E-state index in [2.05, 4.69) is 23.8 Å². The molecule has 4 heteroatoms. The van der Waals surface area contributed by atoms with E-state index in [-0.39, 0.29) is 5.92 Å². The third-order valence-corrected chi connectivity index (χ3v) is 3.00. The summed E-state index contributed by atoms with van der Waals surface area (Å²) < 4.78 is 0. The van der Waals surface area contributed by atoms with Gasteiger partial charge in [-0.2, -0.15) is 0 Å². The Morgan fingerprint density at radius 2 is 1.50 bits per heavy atom. The molecule has 0 aliphatic carbocycles. The second-order valence-electron chi connectivity index (χ2n) is 4.72. The van der Waals surface area contributed by atoms with Gasteiger partial charge in [-0.25, -0.2) is 9.97 Å². The maximum absolute atomic E-state index is 6.11. The summed E-state index contributed by atoms with van der Waals surface area (Å²) in [5, 5.41) is 0.988. The van der Waals surface area contributed by atoms with Crippen LogP contribution in [0, 0.1) is 5.92 Å². The summed E-state index contributed by atoms with van der Waals surface area (Å²) in [6, 6.07) is 0. The second kappa shape index (κ2) is 5.83. The smallest absolute Gasteiger partial charge is 0.137 e. The zero-order valence-electron chi connectivity index (χ0n) is 10.2. The van der Waals surface area contributed by atoms with Crippen LogP contribution in [-0.4, -0.2) is 9.97 Å². The first-order chi connectivity index (χ1) is 7.41. The molecule has 0 amide bonds. The molecule has 1 rings (SSSR count). The zero-order valence-corrected chi connectivity index (χ0v) is 11.7. The van der Waals surface area contributed by atoms with Gasteiger partial charge in [-0.15, -0.1) is 0 Å². The lowest BCUT2D eigenvalue weighted by Crippen LogP contribution is -2.03. The van der Waals surface area contributed by atoms with Gasteiger partial charge in [0.1, 0.15) is 16.1 Å². The number of aromatic nitrogens is 2. The summed E-state index contributed by atoms with van der Waals surface area (Å²) in [7, 11) is 0. The molecule has 1 aromatic heterocycles. The Morgan fingerprint density at radius 1 is 1.00 bits per heavy atom. The maximum Gasteiger partial charge on any atom is 0.137 e. The minimum absolute atomic E-state index is 0.249. The summed E-state index contributed by atoms with van der Waals surface area (Å²) in [5.74, 6) is 1.62. The van der Waals surface area contributed by atoms with Crippen molar-refractivity contribution in [1.82, 2.24) is 9.97 Å². The molecule has 0 radical (unpaired) electrons. The van der Waals surface area contributed by atoms with E-state index in [0.717, 1.165) is 24.2 Å². The van der Waals surface area contributed by atoms with Crippen LogP contribution in [0.4, 0.5) is 0 Å². The van der Waals surface area contributed by atoms with Gasteiger partial charge in [0.15, 0.2) is 0 Å². The minimum Gasteiger partial charge on any atom is -0.221 e. The molecule has 1 heterocycles. The molecule has 2 nitrogen and oxygen atoms in total. The molecule has 16 heavy (non-hydrogen) atoms. The van der Waals surface area contributed by atoms with E-state index >= 15 is 0 Å². The van der Waals surface area contributed by atoms with Gasteiger partial charge in [-0.3, -0.25) is 0 Å². The first kappa shape index (κ1) is 13.7. The van der Waals surface area contributed by atoms with E-state index < -0.39 is 0 Å². The number of rotatable bonds is 4. The van der Waals surface area contributed by atoms with E-state index in [1.807, 2.05) is 13.8 Å².